The van der Waals surface area contributed by atoms with Crippen LogP contribution in [0.5, 0.6) is 5.75 Å². The number of amides is 2. The lowest BCUT2D eigenvalue weighted by molar-refractivity contribution is -0.134. The largest absolute Gasteiger partial charge is 0.484 e. The van der Waals surface area contributed by atoms with Crippen molar-refractivity contribution in [3.63, 3.8) is 0 Å². The molecule has 2 amide bonds. The Bertz CT molecular complexity index is 882. The van der Waals surface area contributed by atoms with Gasteiger partial charge in [0.25, 0.3) is 5.91 Å². The Balaban J connectivity index is 1.33. The van der Waals surface area contributed by atoms with Gasteiger partial charge in [0, 0.05) is 37.8 Å². The number of benzene rings is 1. The van der Waals surface area contributed by atoms with Crippen molar-refractivity contribution in [3.8, 4) is 5.75 Å². The minimum atomic E-state index is -0.0545. The van der Waals surface area contributed by atoms with Crippen LogP contribution in [0.25, 0.3) is 0 Å². The predicted octanol–water partition coefficient (Wildman–Crippen LogP) is 2.13. The Morgan fingerprint density at radius 2 is 2.00 bits per heavy atom. The first kappa shape index (κ1) is 18.4. The molecule has 0 atom stereocenters. The van der Waals surface area contributed by atoms with Crippen molar-refractivity contribution in [2.24, 2.45) is 0 Å². The van der Waals surface area contributed by atoms with Gasteiger partial charge in [-0.3, -0.25) is 9.59 Å². The van der Waals surface area contributed by atoms with E-state index in [0.717, 1.165) is 48.6 Å². The average molecular weight is 380 g/mol. The molecule has 0 spiro atoms. The number of aromatic nitrogens is 2. The predicted molar refractivity (Wildman–Crippen MR) is 104 cm³/mol. The van der Waals surface area contributed by atoms with Gasteiger partial charge in [0.05, 0.1) is 12.2 Å². The quantitative estimate of drug-likeness (QED) is 0.794. The molecule has 2 aliphatic heterocycles. The zero-order chi connectivity index (χ0) is 19.5. The van der Waals surface area contributed by atoms with Gasteiger partial charge in [0.15, 0.2) is 6.61 Å². The number of ether oxygens (including phenoxy) is 1. The number of fused-ring (bicyclic) bond motifs is 1. The summed E-state index contributed by atoms with van der Waals surface area (Å²) < 4.78 is 5.67. The number of carbonyl (C=O) groups excluding carboxylic acids is 2. The maximum absolute atomic E-state index is 12.6. The lowest BCUT2D eigenvalue weighted by Gasteiger charge is -2.28. The van der Waals surface area contributed by atoms with Gasteiger partial charge in [0.2, 0.25) is 5.91 Å². The maximum atomic E-state index is 12.6. The molecule has 0 unspecified atom stereocenters. The van der Waals surface area contributed by atoms with E-state index in [2.05, 4.69) is 9.97 Å². The first-order chi connectivity index (χ1) is 13.6. The number of nitrogens with zero attached hydrogens (tertiary/aromatic N) is 4. The standard InChI is InChI=1S/C21H24N4O3/c1-2-19-22-12-15-9-11-24(13-18(15)23-19)21(27)14-28-17-7-5-16(6-8-17)25-10-3-4-20(25)26/h5-8,12H,2-4,9-11,13-14H2,1H3. The van der Waals surface area contributed by atoms with Crippen LogP contribution in [0, 0.1) is 0 Å². The maximum Gasteiger partial charge on any atom is 0.260 e. The SMILES string of the molecule is CCc1ncc2c(n1)CN(C(=O)COc1ccc(N3CCCC3=O)cc1)CC2. The molecule has 28 heavy (non-hydrogen) atoms. The van der Waals surface area contributed by atoms with Crippen LogP contribution >= 0.6 is 0 Å². The minimum Gasteiger partial charge on any atom is -0.484 e. The van der Waals surface area contributed by atoms with Crippen molar-refractivity contribution in [3.05, 3.63) is 47.5 Å². The van der Waals surface area contributed by atoms with Crippen LogP contribution in [0.2, 0.25) is 0 Å². The molecule has 7 heteroatoms. The van der Waals surface area contributed by atoms with Gasteiger partial charge in [-0.05, 0) is 42.7 Å². The molecule has 1 aromatic carbocycles. The normalized spacial score (nSPS) is 16.2. The van der Waals surface area contributed by atoms with Gasteiger partial charge in [-0.2, -0.15) is 0 Å². The Labute approximate surface area is 164 Å². The minimum absolute atomic E-state index is 0.0109. The molecule has 1 fully saturated rings. The zero-order valence-corrected chi connectivity index (χ0v) is 16.1. The number of carbonyl (C=O) groups is 2. The smallest absolute Gasteiger partial charge is 0.260 e. The van der Waals surface area contributed by atoms with Gasteiger partial charge >= 0.3 is 0 Å². The van der Waals surface area contributed by atoms with Crippen molar-refractivity contribution in [1.82, 2.24) is 14.9 Å². The molecule has 146 valence electrons. The molecule has 0 radical (unpaired) electrons. The van der Waals surface area contributed by atoms with Crippen molar-refractivity contribution in [2.75, 3.05) is 24.6 Å². The van der Waals surface area contributed by atoms with E-state index in [1.807, 2.05) is 25.3 Å². The molecule has 2 aliphatic rings. The van der Waals surface area contributed by atoms with E-state index in [1.54, 1.807) is 21.9 Å². The van der Waals surface area contributed by atoms with E-state index >= 15 is 0 Å². The van der Waals surface area contributed by atoms with Gasteiger partial charge in [-0.1, -0.05) is 6.92 Å². The second-order valence-corrected chi connectivity index (χ2v) is 7.11. The van der Waals surface area contributed by atoms with E-state index in [9.17, 15) is 9.59 Å². The first-order valence-corrected chi connectivity index (χ1v) is 9.78. The summed E-state index contributed by atoms with van der Waals surface area (Å²) in [5, 5.41) is 0. The van der Waals surface area contributed by atoms with Gasteiger partial charge < -0.3 is 14.5 Å². The second kappa shape index (κ2) is 7.96. The fourth-order valence-electron chi connectivity index (χ4n) is 3.61. The Morgan fingerprint density at radius 1 is 1.18 bits per heavy atom. The lowest BCUT2D eigenvalue weighted by atomic mass is 10.1. The van der Waals surface area contributed by atoms with Crippen molar-refractivity contribution < 1.29 is 14.3 Å². The molecule has 7 nitrogen and oxygen atoms in total. The number of hydrogen-bond donors (Lipinski definition) is 0. The number of aryl methyl sites for hydroxylation is 1. The molecular weight excluding hydrogens is 356 g/mol. The first-order valence-electron chi connectivity index (χ1n) is 9.78. The summed E-state index contributed by atoms with van der Waals surface area (Å²) in [5.74, 6) is 1.53. The molecular formula is C21H24N4O3. The van der Waals surface area contributed by atoms with E-state index in [0.29, 0.717) is 25.3 Å². The van der Waals surface area contributed by atoms with Gasteiger partial charge in [0.1, 0.15) is 11.6 Å². The monoisotopic (exact) mass is 380 g/mol. The topological polar surface area (TPSA) is 75.6 Å². The summed E-state index contributed by atoms with van der Waals surface area (Å²) >= 11 is 0. The average Bonchev–Trinajstić information content (AvgIpc) is 3.17. The molecule has 2 aromatic rings. The molecule has 1 saturated heterocycles. The van der Waals surface area contributed by atoms with Crippen molar-refractivity contribution in [2.45, 2.75) is 39.2 Å². The summed E-state index contributed by atoms with van der Waals surface area (Å²) in [5.41, 5.74) is 2.93. The molecule has 0 N–H and O–H groups in total. The van der Waals surface area contributed by atoms with E-state index in [-0.39, 0.29) is 18.4 Å². The van der Waals surface area contributed by atoms with Crippen LogP contribution in [-0.2, 0) is 29.0 Å². The van der Waals surface area contributed by atoms with Crippen molar-refractivity contribution >= 4 is 17.5 Å². The van der Waals surface area contributed by atoms with E-state index in [1.165, 1.54) is 0 Å². The number of rotatable bonds is 5. The van der Waals surface area contributed by atoms with Gasteiger partial charge in [-0.25, -0.2) is 9.97 Å². The van der Waals surface area contributed by atoms with Crippen LogP contribution in [0.3, 0.4) is 0 Å². The summed E-state index contributed by atoms with van der Waals surface area (Å²) in [4.78, 5) is 36.8. The number of hydrogen-bond acceptors (Lipinski definition) is 5. The Morgan fingerprint density at radius 3 is 2.71 bits per heavy atom. The Hall–Kier alpha value is -2.96. The van der Waals surface area contributed by atoms with E-state index < -0.39 is 0 Å². The lowest BCUT2D eigenvalue weighted by Crippen LogP contribution is -2.39. The molecule has 0 aliphatic carbocycles. The molecule has 0 bridgehead atoms. The summed E-state index contributed by atoms with van der Waals surface area (Å²) in [6, 6.07) is 7.34. The Kier molecular flexibility index (Phi) is 5.23. The summed E-state index contributed by atoms with van der Waals surface area (Å²) in [7, 11) is 0. The zero-order valence-electron chi connectivity index (χ0n) is 16.1. The van der Waals surface area contributed by atoms with Crippen LogP contribution in [0.1, 0.15) is 36.8 Å². The van der Waals surface area contributed by atoms with Gasteiger partial charge in [-0.15, -0.1) is 0 Å². The fraction of sp³-hybridized carbons (Fsp3) is 0.429. The molecule has 0 saturated carbocycles. The molecule has 1 aromatic heterocycles. The third-order valence-electron chi connectivity index (χ3n) is 5.25. The van der Waals surface area contributed by atoms with Crippen LogP contribution in [0.4, 0.5) is 5.69 Å². The number of anilines is 1. The van der Waals surface area contributed by atoms with Crippen LogP contribution < -0.4 is 9.64 Å². The summed E-state index contributed by atoms with van der Waals surface area (Å²) in [6.07, 6.45) is 4.94. The highest BCUT2D eigenvalue weighted by Gasteiger charge is 2.23. The van der Waals surface area contributed by atoms with Crippen molar-refractivity contribution in [1.29, 1.82) is 0 Å². The second-order valence-electron chi connectivity index (χ2n) is 7.11. The van der Waals surface area contributed by atoms with Crippen LogP contribution in [0.15, 0.2) is 30.5 Å². The highest BCUT2D eigenvalue weighted by atomic mass is 16.5. The third kappa shape index (κ3) is 3.83. The molecule has 3 heterocycles. The van der Waals surface area contributed by atoms with E-state index in [4.69, 9.17) is 4.74 Å². The highest BCUT2D eigenvalue weighted by molar-refractivity contribution is 5.95. The fourth-order valence-corrected chi connectivity index (χ4v) is 3.61. The van der Waals surface area contributed by atoms with Crippen LogP contribution in [-0.4, -0.2) is 46.4 Å². The summed E-state index contributed by atoms with van der Waals surface area (Å²) in [6.45, 7) is 3.93. The third-order valence-corrected chi connectivity index (χ3v) is 5.25. The highest BCUT2D eigenvalue weighted by Crippen LogP contribution is 2.24. The molecule has 4 rings (SSSR count).